The summed E-state index contributed by atoms with van der Waals surface area (Å²) in [6.45, 7) is 8.92. The van der Waals surface area contributed by atoms with Crippen LogP contribution in [0.15, 0.2) is 24.3 Å². The Labute approximate surface area is 127 Å². The molecule has 1 aliphatic rings. The second-order valence-electron chi connectivity index (χ2n) is 5.54. The van der Waals surface area contributed by atoms with Crippen molar-refractivity contribution in [2.45, 2.75) is 25.9 Å². The lowest BCUT2D eigenvalue weighted by atomic mass is 10.1. The molecule has 1 fully saturated rings. The van der Waals surface area contributed by atoms with E-state index in [9.17, 15) is 5.11 Å². The molecule has 0 radical (unpaired) electrons. The third-order valence-corrected chi connectivity index (χ3v) is 4.19. The molecular formula is C16H25ClN2O. The van der Waals surface area contributed by atoms with Crippen LogP contribution in [0.3, 0.4) is 0 Å². The van der Waals surface area contributed by atoms with Gasteiger partial charge in [-0.25, -0.2) is 0 Å². The maximum atomic E-state index is 10.2. The van der Waals surface area contributed by atoms with Crippen LogP contribution in [0.2, 0.25) is 5.02 Å². The van der Waals surface area contributed by atoms with Crippen molar-refractivity contribution in [3.05, 3.63) is 34.9 Å². The zero-order valence-electron chi connectivity index (χ0n) is 12.3. The van der Waals surface area contributed by atoms with E-state index in [1.54, 1.807) is 0 Å². The Morgan fingerprint density at radius 2 is 1.80 bits per heavy atom. The molecule has 20 heavy (non-hydrogen) atoms. The topological polar surface area (TPSA) is 26.7 Å². The van der Waals surface area contributed by atoms with Gasteiger partial charge in [-0.15, -0.1) is 0 Å². The van der Waals surface area contributed by atoms with Crippen molar-refractivity contribution in [3.8, 4) is 0 Å². The Bertz CT molecular complexity index is 405. The van der Waals surface area contributed by atoms with Gasteiger partial charge in [-0.1, -0.05) is 30.7 Å². The highest BCUT2D eigenvalue weighted by atomic mass is 35.5. The quantitative estimate of drug-likeness (QED) is 0.874. The summed E-state index contributed by atoms with van der Waals surface area (Å²) in [5, 5.41) is 10.9. The zero-order valence-corrected chi connectivity index (χ0v) is 13.0. The molecule has 3 nitrogen and oxygen atoms in total. The van der Waals surface area contributed by atoms with Crippen molar-refractivity contribution < 1.29 is 5.11 Å². The molecule has 1 unspecified atom stereocenters. The summed E-state index contributed by atoms with van der Waals surface area (Å²) in [6, 6.07) is 7.52. The van der Waals surface area contributed by atoms with Crippen LogP contribution in [0.1, 0.15) is 31.4 Å². The molecule has 1 atom stereocenters. The first-order valence-electron chi connectivity index (χ1n) is 7.57. The number of rotatable bonds is 6. The van der Waals surface area contributed by atoms with E-state index in [4.69, 9.17) is 11.6 Å². The van der Waals surface area contributed by atoms with Crippen molar-refractivity contribution in [3.63, 3.8) is 0 Å². The SMILES string of the molecule is CCCN1CCN(CCC(O)c2cccc(Cl)c2)CC1. The average Bonchev–Trinajstić information content (AvgIpc) is 2.46. The monoisotopic (exact) mass is 296 g/mol. The van der Waals surface area contributed by atoms with E-state index in [0.717, 1.165) is 44.7 Å². The summed E-state index contributed by atoms with van der Waals surface area (Å²) in [5.74, 6) is 0. The molecule has 2 rings (SSSR count). The fourth-order valence-electron chi connectivity index (χ4n) is 2.74. The van der Waals surface area contributed by atoms with E-state index < -0.39 is 6.10 Å². The molecule has 1 saturated heterocycles. The van der Waals surface area contributed by atoms with E-state index in [1.165, 1.54) is 13.0 Å². The van der Waals surface area contributed by atoms with Gasteiger partial charge in [0.15, 0.2) is 0 Å². The molecule has 0 spiro atoms. The Morgan fingerprint density at radius 3 is 2.40 bits per heavy atom. The van der Waals surface area contributed by atoms with Crippen molar-refractivity contribution in [2.75, 3.05) is 39.3 Å². The standard InChI is InChI=1S/C16H25ClN2O/c1-2-7-18-9-11-19(12-10-18)8-6-16(20)14-4-3-5-15(17)13-14/h3-5,13,16,20H,2,6-12H2,1H3. The largest absolute Gasteiger partial charge is 0.388 e. The average molecular weight is 297 g/mol. The molecule has 1 N–H and O–H groups in total. The molecule has 0 amide bonds. The van der Waals surface area contributed by atoms with Gasteiger partial charge in [0.2, 0.25) is 0 Å². The van der Waals surface area contributed by atoms with Gasteiger partial charge in [-0.3, -0.25) is 0 Å². The Hall–Kier alpha value is -0.610. The van der Waals surface area contributed by atoms with Gasteiger partial charge in [0, 0.05) is 37.7 Å². The van der Waals surface area contributed by atoms with E-state index in [2.05, 4.69) is 16.7 Å². The molecular weight excluding hydrogens is 272 g/mol. The zero-order chi connectivity index (χ0) is 14.4. The lowest BCUT2D eigenvalue weighted by Gasteiger charge is -2.34. The van der Waals surface area contributed by atoms with Crippen LogP contribution in [-0.2, 0) is 0 Å². The van der Waals surface area contributed by atoms with Gasteiger partial charge in [0.05, 0.1) is 6.10 Å². The molecule has 0 aromatic heterocycles. The first-order chi connectivity index (χ1) is 9.69. The summed E-state index contributed by atoms with van der Waals surface area (Å²) >= 11 is 5.96. The molecule has 1 heterocycles. The fourth-order valence-corrected chi connectivity index (χ4v) is 2.94. The lowest BCUT2D eigenvalue weighted by molar-refractivity contribution is 0.102. The first-order valence-corrected chi connectivity index (χ1v) is 7.95. The van der Waals surface area contributed by atoms with Crippen LogP contribution in [0.25, 0.3) is 0 Å². The van der Waals surface area contributed by atoms with Crippen molar-refractivity contribution in [2.24, 2.45) is 0 Å². The van der Waals surface area contributed by atoms with E-state index in [1.807, 2.05) is 24.3 Å². The lowest BCUT2D eigenvalue weighted by Crippen LogP contribution is -2.46. The summed E-state index contributed by atoms with van der Waals surface area (Å²) in [7, 11) is 0. The number of aliphatic hydroxyl groups excluding tert-OH is 1. The highest BCUT2D eigenvalue weighted by molar-refractivity contribution is 6.30. The summed E-state index contributed by atoms with van der Waals surface area (Å²) in [6.07, 6.45) is 1.59. The molecule has 0 aliphatic carbocycles. The van der Waals surface area contributed by atoms with Crippen LogP contribution in [0.4, 0.5) is 0 Å². The normalized spacial score (nSPS) is 19.1. The number of nitrogens with zero attached hydrogens (tertiary/aromatic N) is 2. The van der Waals surface area contributed by atoms with Crippen LogP contribution < -0.4 is 0 Å². The Balaban J connectivity index is 1.73. The number of benzene rings is 1. The first kappa shape index (κ1) is 15.8. The molecule has 112 valence electrons. The number of hydrogen-bond acceptors (Lipinski definition) is 3. The van der Waals surface area contributed by atoms with E-state index >= 15 is 0 Å². The summed E-state index contributed by atoms with van der Waals surface area (Å²) in [5.41, 5.74) is 0.919. The van der Waals surface area contributed by atoms with Gasteiger partial charge in [0.25, 0.3) is 0 Å². The Morgan fingerprint density at radius 1 is 1.15 bits per heavy atom. The smallest absolute Gasteiger partial charge is 0.0802 e. The van der Waals surface area contributed by atoms with Gasteiger partial charge in [-0.2, -0.15) is 0 Å². The second kappa shape index (κ2) is 7.99. The van der Waals surface area contributed by atoms with Crippen molar-refractivity contribution in [1.82, 2.24) is 9.80 Å². The molecule has 0 saturated carbocycles. The van der Waals surface area contributed by atoms with E-state index in [0.29, 0.717) is 5.02 Å². The van der Waals surface area contributed by atoms with Crippen LogP contribution in [0, 0.1) is 0 Å². The number of aliphatic hydroxyl groups is 1. The molecule has 0 bridgehead atoms. The van der Waals surface area contributed by atoms with Crippen molar-refractivity contribution >= 4 is 11.6 Å². The highest BCUT2D eigenvalue weighted by Gasteiger charge is 2.17. The molecule has 4 heteroatoms. The van der Waals surface area contributed by atoms with Crippen molar-refractivity contribution in [1.29, 1.82) is 0 Å². The van der Waals surface area contributed by atoms with Crippen LogP contribution in [-0.4, -0.2) is 54.2 Å². The number of hydrogen-bond donors (Lipinski definition) is 1. The van der Waals surface area contributed by atoms with Gasteiger partial charge >= 0.3 is 0 Å². The molecule has 1 aromatic carbocycles. The number of halogens is 1. The number of piperazine rings is 1. The minimum atomic E-state index is -0.414. The van der Waals surface area contributed by atoms with Gasteiger partial charge in [0.1, 0.15) is 0 Å². The third kappa shape index (κ3) is 4.74. The predicted octanol–water partition coefficient (Wildman–Crippen LogP) is 2.79. The van der Waals surface area contributed by atoms with Gasteiger partial charge < -0.3 is 14.9 Å². The summed E-state index contributed by atoms with van der Waals surface area (Å²) < 4.78 is 0. The third-order valence-electron chi connectivity index (χ3n) is 3.96. The molecule has 1 aliphatic heterocycles. The fraction of sp³-hybridized carbons (Fsp3) is 0.625. The predicted molar refractivity (Wildman–Crippen MR) is 84.2 cm³/mol. The maximum absolute atomic E-state index is 10.2. The van der Waals surface area contributed by atoms with E-state index in [-0.39, 0.29) is 0 Å². The second-order valence-corrected chi connectivity index (χ2v) is 5.98. The Kier molecular flexibility index (Phi) is 6.30. The van der Waals surface area contributed by atoms with Crippen LogP contribution >= 0.6 is 11.6 Å². The summed E-state index contributed by atoms with van der Waals surface area (Å²) in [4.78, 5) is 4.96. The maximum Gasteiger partial charge on any atom is 0.0802 e. The van der Waals surface area contributed by atoms with Gasteiger partial charge in [-0.05, 0) is 37.1 Å². The molecule has 1 aromatic rings. The minimum Gasteiger partial charge on any atom is -0.388 e. The minimum absolute atomic E-state index is 0.414. The highest BCUT2D eigenvalue weighted by Crippen LogP contribution is 2.20. The van der Waals surface area contributed by atoms with Crippen LogP contribution in [0.5, 0.6) is 0 Å².